The largest absolute Gasteiger partial charge is 0.465 e. The second-order valence-corrected chi connectivity index (χ2v) is 10.4. The molecule has 0 aliphatic carbocycles. The summed E-state index contributed by atoms with van der Waals surface area (Å²) in [5, 5.41) is 8.28. The topological polar surface area (TPSA) is 95.6 Å². The predicted molar refractivity (Wildman–Crippen MR) is 149 cm³/mol. The summed E-state index contributed by atoms with van der Waals surface area (Å²) in [6, 6.07) is 10.3. The number of nitrogens with zero attached hydrogens (tertiary/aromatic N) is 5. The summed E-state index contributed by atoms with van der Waals surface area (Å²) in [7, 11) is 1.99. The number of aryl methyl sites for hydroxylation is 2. The molecule has 1 N–H and O–H groups in total. The molecule has 1 saturated heterocycles. The van der Waals surface area contributed by atoms with Crippen LogP contribution in [0.15, 0.2) is 42.7 Å². The first kappa shape index (κ1) is 25.7. The standard InChI is InChI=1S/C27H31IN6O3/c1-4-37-27(35)23(19-8-12-36-13-9-19)21-15-22(34-26(31-21)24(28)17(2)32-34)30-16-18-6-5-7-20(14-18)25-29-10-11-33(25)3/h5-7,10-11,14-15,19,23,30H,4,8-9,12-13,16H2,1-3H3. The maximum Gasteiger partial charge on any atom is 0.315 e. The molecule has 1 aliphatic heterocycles. The number of halogens is 1. The van der Waals surface area contributed by atoms with Crippen LogP contribution < -0.4 is 5.32 Å². The highest BCUT2D eigenvalue weighted by molar-refractivity contribution is 14.1. The molecule has 1 fully saturated rings. The molecule has 0 bridgehead atoms. The summed E-state index contributed by atoms with van der Waals surface area (Å²) in [6.45, 7) is 6.00. The first-order valence-corrected chi connectivity index (χ1v) is 13.6. The van der Waals surface area contributed by atoms with Crippen molar-refractivity contribution < 1.29 is 14.3 Å². The number of hydrogen-bond acceptors (Lipinski definition) is 7. The van der Waals surface area contributed by atoms with Crippen molar-refractivity contribution in [2.45, 2.75) is 39.2 Å². The van der Waals surface area contributed by atoms with Gasteiger partial charge in [-0.25, -0.2) is 9.97 Å². The molecule has 3 aromatic heterocycles. The lowest BCUT2D eigenvalue weighted by Gasteiger charge is -2.28. The molecule has 1 aliphatic rings. The van der Waals surface area contributed by atoms with Crippen molar-refractivity contribution in [1.82, 2.24) is 24.1 Å². The van der Waals surface area contributed by atoms with Gasteiger partial charge >= 0.3 is 5.97 Å². The van der Waals surface area contributed by atoms with E-state index in [9.17, 15) is 4.79 Å². The van der Waals surface area contributed by atoms with Gasteiger partial charge in [0.05, 0.1) is 21.6 Å². The molecule has 5 rings (SSSR count). The number of aromatic nitrogens is 5. The average molecular weight is 614 g/mol. The van der Waals surface area contributed by atoms with Crippen LogP contribution >= 0.6 is 22.6 Å². The van der Waals surface area contributed by atoms with Crippen LogP contribution in [0.4, 0.5) is 5.82 Å². The van der Waals surface area contributed by atoms with Crippen LogP contribution in [0, 0.1) is 16.4 Å². The van der Waals surface area contributed by atoms with Gasteiger partial charge in [-0.05, 0) is 66.8 Å². The predicted octanol–water partition coefficient (Wildman–Crippen LogP) is 4.73. The third-order valence-corrected chi connectivity index (χ3v) is 8.05. The third-order valence-electron chi connectivity index (χ3n) is 6.79. The van der Waals surface area contributed by atoms with Gasteiger partial charge < -0.3 is 19.4 Å². The molecular weight excluding hydrogens is 583 g/mol. The van der Waals surface area contributed by atoms with Crippen molar-refractivity contribution in [3.05, 3.63) is 63.2 Å². The molecule has 0 saturated carbocycles. The van der Waals surface area contributed by atoms with E-state index in [2.05, 4.69) is 51.1 Å². The number of benzene rings is 1. The molecule has 4 heterocycles. The van der Waals surface area contributed by atoms with Gasteiger partial charge in [-0.1, -0.05) is 18.2 Å². The zero-order chi connectivity index (χ0) is 25.9. The molecule has 1 atom stereocenters. The molecule has 1 unspecified atom stereocenters. The summed E-state index contributed by atoms with van der Waals surface area (Å²) in [4.78, 5) is 22.6. The molecule has 37 heavy (non-hydrogen) atoms. The smallest absolute Gasteiger partial charge is 0.315 e. The minimum atomic E-state index is -0.452. The van der Waals surface area contributed by atoms with Gasteiger partial charge in [0.25, 0.3) is 0 Å². The number of fused-ring (bicyclic) bond motifs is 1. The molecule has 1 aromatic carbocycles. The van der Waals surface area contributed by atoms with E-state index in [-0.39, 0.29) is 11.9 Å². The van der Waals surface area contributed by atoms with E-state index in [4.69, 9.17) is 19.6 Å². The fraction of sp³-hybridized carbons (Fsp3) is 0.407. The molecule has 0 spiro atoms. The fourth-order valence-corrected chi connectivity index (χ4v) is 5.35. The number of hydrogen-bond donors (Lipinski definition) is 1. The Morgan fingerprint density at radius 3 is 2.84 bits per heavy atom. The Morgan fingerprint density at radius 1 is 1.30 bits per heavy atom. The van der Waals surface area contributed by atoms with Crippen LogP contribution in [-0.2, 0) is 27.9 Å². The molecule has 0 amide bonds. The number of carbonyl (C=O) groups excluding carboxylic acids is 1. The SMILES string of the molecule is CCOC(=O)C(c1cc(NCc2cccc(-c3nccn3C)c2)n2nc(C)c(I)c2n1)C1CCOCC1. The van der Waals surface area contributed by atoms with Gasteiger partial charge in [-0.15, -0.1) is 0 Å². The highest BCUT2D eigenvalue weighted by Crippen LogP contribution is 2.35. The molecular formula is C27H31IN6O3. The lowest BCUT2D eigenvalue weighted by molar-refractivity contribution is -0.147. The van der Waals surface area contributed by atoms with E-state index < -0.39 is 5.92 Å². The molecule has 194 valence electrons. The lowest BCUT2D eigenvalue weighted by Crippen LogP contribution is -2.30. The highest BCUT2D eigenvalue weighted by atomic mass is 127. The molecule has 0 radical (unpaired) electrons. The summed E-state index contributed by atoms with van der Waals surface area (Å²) in [5.74, 6) is 1.14. The average Bonchev–Trinajstić information content (AvgIpc) is 3.46. The quantitative estimate of drug-likeness (QED) is 0.227. The fourth-order valence-electron chi connectivity index (χ4n) is 4.89. The number of anilines is 1. The number of ether oxygens (including phenoxy) is 2. The second kappa shape index (κ2) is 11.2. The Kier molecular flexibility index (Phi) is 7.75. The minimum Gasteiger partial charge on any atom is -0.465 e. The Balaban J connectivity index is 1.50. The Hall–Kier alpha value is -2.99. The zero-order valence-corrected chi connectivity index (χ0v) is 23.4. The number of nitrogens with one attached hydrogen (secondary N) is 1. The lowest BCUT2D eigenvalue weighted by atomic mass is 9.83. The molecule has 4 aromatic rings. The Morgan fingerprint density at radius 2 is 2.11 bits per heavy atom. The number of esters is 1. The maximum atomic E-state index is 13.2. The van der Waals surface area contributed by atoms with E-state index in [1.54, 1.807) is 6.20 Å². The van der Waals surface area contributed by atoms with Crippen LogP contribution in [-0.4, -0.2) is 49.9 Å². The summed E-state index contributed by atoms with van der Waals surface area (Å²) in [6.07, 6.45) is 5.34. The first-order valence-electron chi connectivity index (χ1n) is 12.6. The van der Waals surface area contributed by atoms with Gasteiger partial charge in [-0.2, -0.15) is 9.61 Å². The first-order chi connectivity index (χ1) is 18.0. The van der Waals surface area contributed by atoms with Crippen molar-refractivity contribution in [2.24, 2.45) is 13.0 Å². The van der Waals surface area contributed by atoms with Crippen molar-refractivity contribution in [2.75, 3.05) is 25.1 Å². The monoisotopic (exact) mass is 614 g/mol. The van der Waals surface area contributed by atoms with Crippen molar-refractivity contribution in [3.8, 4) is 11.4 Å². The maximum absolute atomic E-state index is 13.2. The Labute approximate surface area is 229 Å². The van der Waals surface area contributed by atoms with E-state index in [1.165, 1.54) is 0 Å². The van der Waals surface area contributed by atoms with Crippen LogP contribution in [0.3, 0.4) is 0 Å². The van der Waals surface area contributed by atoms with E-state index in [0.717, 1.165) is 50.5 Å². The number of rotatable bonds is 8. The summed E-state index contributed by atoms with van der Waals surface area (Å²) >= 11 is 2.28. The van der Waals surface area contributed by atoms with Gasteiger partial charge in [0.1, 0.15) is 17.6 Å². The van der Waals surface area contributed by atoms with E-state index in [1.807, 2.05) is 48.3 Å². The highest BCUT2D eigenvalue weighted by Gasteiger charge is 2.34. The normalized spacial score (nSPS) is 15.1. The second-order valence-electron chi connectivity index (χ2n) is 9.30. The number of imidazole rings is 1. The van der Waals surface area contributed by atoms with Crippen molar-refractivity contribution in [3.63, 3.8) is 0 Å². The van der Waals surface area contributed by atoms with Crippen molar-refractivity contribution >= 4 is 40.0 Å². The Bertz CT molecular complexity index is 1410. The molecule has 9 nitrogen and oxygen atoms in total. The summed E-state index contributed by atoms with van der Waals surface area (Å²) < 4.78 is 15.9. The van der Waals surface area contributed by atoms with Crippen molar-refractivity contribution in [1.29, 1.82) is 0 Å². The number of carbonyl (C=O) groups is 1. The van der Waals surface area contributed by atoms with E-state index in [0.29, 0.717) is 32.1 Å². The minimum absolute atomic E-state index is 0.117. The zero-order valence-electron chi connectivity index (χ0n) is 21.3. The third kappa shape index (κ3) is 5.35. The summed E-state index contributed by atoms with van der Waals surface area (Å²) in [5.41, 5.74) is 4.50. The van der Waals surface area contributed by atoms with Gasteiger partial charge in [0.2, 0.25) is 0 Å². The van der Waals surface area contributed by atoms with Crippen LogP contribution in [0.2, 0.25) is 0 Å². The van der Waals surface area contributed by atoms with Crippen LogP contribution in [0.25, 0.3) is 17.0 Å². The van der Waals surface area contributed by atoms with E-state index >= 15 is 0 Å². The van der Waals surface area contributed by atoms with Gasteiger partial charge in [0, 0.05) is 50.8 Å². The van der Waals surface area contributed by atoms with Crippen LogP contribution in [0.5, 0.6) is 0 Å². The molecule has 10 heteroatoms. The van der Waals surface area contributed by atoms with Gasteiger partial charge in [-0.3, -0.25) is 4.79 Å². The van der Waals surface area contributed by atoms with Gasteiger partial charge in [0.15, 0.2) is 5.65 Å². The van der Waals surface area contributed by atoms with Crippen LogP contribution in [0.1, 0.15) is 42.6 Å².